The molecule has 1 aromatic rings. The second kappa shape index (κ2) is 7.78. The molecule has 0 aliphatic heterocycles. The molecule has 1 fully saturated rings. The van der Waals surface area contributed by atoms with E-state index in [1.807, 2.05) is 18.2 Å². The van der Waals surface area contributed by atoms with Gasteiger partial charge in [0.1, 0.15) is 5.75 Å². The van der Waals surface area contributed by atoms with Crippen LogP contribution in [0.5, 0.6) is 5.75 Å². The Morgan fingerprint density at radius 1 is 1.38 bits per heavy atom. The van der Waals surface area contributed by atoms with Gasteiger partial charge in [-0.1, -0.05) is 6.07 Å². The summed E-state index contributed by atoms with van der Waals surface area (Å²) in [5.41, 5.74) is 2.02. The summed E-state index contributed by atoms with van der Waals surface area (Å²) < 4.78 is 11.1. The van der Waals surface area contributed by atoms with E-state index < -0.39 is 6.10 Å². The van der Waals surface area contributed by atoms with Gasteiger partial charge < -0.3 is 14.6 Å². The van der Waals surface area contributed by atoms with Crippen molar-refractivity contribution in [1.29, 1.82) is 0 Å². The maximum atomic E-state index is 9.70. The SMILES string of the molecule is COc1ccc(C(C)O)cc1CN(C)CCOCC1CC1. The molecule has 1 N–H and O–H groups in total. The third kappa shape index (κ3) is 5.30. The summed E-state index contributed by atoms with van der Waals surface area (Å²) in [5.74, 6) is 1.68. The second-order valence-electron chi connectivity index (χ2n) is 6.00. The molecule has 0 amide bonds. The van der Waals surface area contributed by atoms with Crippen molar-refractivity contribution in [3.8, 4) is 5.75 Å². The molecule has 1 aliphatic rings. The van der Waals surface area contributed by atoms with Crippen LogP contribution in [-0.2, 0) is 11.3 Å². The summed E-state index contributed by atoms with van der Waals surface area (Å²) in [7, 11) is 3.76. The van der Waals surface area contributed by atoms with E-state index in [4.69, 9.17) is 9.47 Å². The average Bonchev–Trinajstić information content (AvgIpc) is 3.27. The van der Waals surface area contributed by atoms with Crippen LogP contribution in [0.15, 0.2) is 18.2 Å². The largest absolute Gasteiger partial charge is 0.496 e. The zero-order chi connectivity index (χ0) is 15.2. The Labute approximate surface area is 127 Å². The number of hydrogen-bond donors (Lipinski definition) is 1. The quantitative estimate of drug-likeness (QED) is 0.711. The summed E-state index contributed by atoms with van der Waals surface area (Å²) >= 11 is 0. The molecule has 21 heavy (non-hydrogen) atoms. The lowest BCUT2D eigenvalue weighted by molar-refractivity contribution is 0.101. The van der Waals surface area contributed by atoms with Crippen LogP contribution in [0, 0.1) is 5.92 Å². The zero-order valence-electron chi connectivity index (χ0n) is 13.3. The first-order valence-corrected chi connectivity index (χ1v) is 7.71. The Kier molecular flexibility index (Phi) is 6.03. The van der Waals surface area contributed by atoms with Crippen LogP contribution < -0.4 is 4.74 Å². The molecule has 4 heteroatoms. The fourth-order valence-electron chi connectivity index (χ4n) is 2.31. The maximum absolute atomic E-state index is 9.70. The lowest BCUT2D eigenvalue weighted by Crippen LogP contribution is -2.23. The van der Waals surface area contributed by atoms with Crippen molar-refractivity contribution in [3.63, 3.8) is 0 Å². The molecule has 1 unspecified atom stereocenters. The third-order valence-electron chi connectivity index (χ3n) is 3.89. The predicted octanol–water partition coefficient (Wildman–Crippen LogP) is 2.61. The molecule has 0 heterocycles. The van der Waals surface area contributed by atoms with E-state index in [0.717, 1.165) is 49.1 Å². The number of aliphatic hydroxyl groups is 1. The Hall–Kier alpha value is -1.10. The number of methoxy groups -OCH3 is 1. The van der Waals surface area contributed by atoms with E-state index in [1.165, 1.54) is 12.8 Å². The maximum Gasteiger partial charge on any atom is 0.123 e. The highest BCUT2D eigenvalue weighted by atomic mass is 16.5. The number of aliphatic hydroxyl groups excluding tert-OH is 1. The average molecular weight is 293 g/mol. The molecule has 1 atom stereocenters. The minimum Gasteiger partial charge on any atom is -0.496 e. The molecule has 0 aromatic heterocycles. The first-order valence-electron chi connectivity index (χ1n) is 7.71. The van der Waals surface area contributed by atoms with Crippen LogP contribution in [0.2, 0.25) is 0 Å². The van der Waals surface area contributed by atoms with Crippen molar-refractivity contribution in [1.82, 2.24) is 4.90 Å². The van der Waals surface area contributed by atoms with E-state index in [0.29, 0.717) is 0 Å². The van der Waals surface area contributed by atoms with Crippen molar-refractivity contribution in [2.75, 3.05) is 33.9 Å². The standard InChI is InChI=1S/C17H27NO3/c1-13(19)15-6-7-17(20-3)16(10-15)11-18(2)8-9-21-12-14-4-5-14/h6-7,10,13-14,19H,4-5,8-9,11-12H2,1-3H3. The van der Waals surface area contributed by atoms with E-state index in [1.54, 1.807) is 14.0 Å². The van der Waals surface area contributed by atoms with Gasteiger partial charge in [-0.05, 0) is 50.4 Å². The first-order chi connectivity index (χ1) is 10.1. The Bertz CT molecular complexity index is 444. The second-order valence-corrected chi connectivity index (χ2v) is 6.00. The van der Waals surface area contributed by atoms with Gasteiger partial charge in [-0.15, -0.1) is 0 Å². The number of benzene rings is 1. The summed E-state index contributed by atoms with van der Waals surface area (Å²) in [6.07, 6.45) is 2.21. The monoisotopic (exact) mass is 293 g/mol. The van der Waals surface area contributed by atoms with Gasteiger partial charge in [0.15, 0.2) is 0 Å². The van der Waals surface area contributed by atoms with Crippen LogP contribution in [-0.4, -0.2) is 43.9 Å². The van der Waals surface area contributed by atoms with Crippen LogP contribution in [0.1, 0.15) is 37.0 Å². The van der Waals surface area contributed by atoms with Crippen LogP contribution in [0.4, 0.5) is 0 Å². The highest BCUT2D eigenvalue weighted by Crippen LogP contribution is 2.28. The van der Waals surface area contributed by atoms with Gasteiger partial charge in [-0.2, -0.15) is 0 Å². The van der Waals surface area contributed by atoms with Crippen molar-refractivity contribution in [3.05, 3.63) is 29.3 Å². The smallest absolute Gasteiger partial charge is 0.123 e. The summed E-state index contributed by atoms with van der Waals surface area (Å²) in [6, 6.07) is 5.85. The van der Waals surface area contributed by atoms with Crippen molar-refractivity contribution in [2.24, 2.45) is 5.92 Å². The van der Waals surface area contributed by atoms with E-state index in [2.05, 4.69) is 11.9 Å². The van der Waals surface area contributed by atoms with Gasteiger partial charge in [0.2, 0.25) is 0 Å². The summed E-state index contributed by atoms with van der Waals surface area (Å²) in [4.78, 5) is 2.22. The number of ether oxygens (including phenoxy) is 2. The van der Waals surface area contributed by atoms with Gasteiger partial charge in [0.25, 0.3) is 0 Å². The predicted molar refractivity (Wildman–Crippen MR) is 83.5 cm³/mol. The van der Waals surface area contributed by atoms with Crippen LogP contribution in [0.3, 0.4) is 0 Å². The Balaban J connectivity index is 1.85. The molecule has 1 aromatic carbocycles. The fourth-order valence-corrected chi connectivity index (χ4v) is 2.31. The normalized spacial score (nSPS) is 16.2. The Morgan fingerprint density at radius 3 is 2.76 bits per heavy atom. The van der Waals surface area contributed by atoms with Crippen LogP contribution >= 0.6 is 0 Å². The molecule has 0 bridgehead atoms. The van der Waals surface area contributed by atoms with Gasteiger partial charge in [0.05, 0.1) is 19.8 Å². The highest BCUT2D eigenvalue weighted by Gasteiger charge is 2.21. The molecule has 2 rings (SSSR count). The van der Waals surface area contributed by atoms with Crippen molar-refractivity contribution >= 4 is 0 Å². The van der Waals surface area contributed by atoms with Crippen LogP contribution in [0.25, 0.3) is 0 Å². The molecule has 0 radical (unpaired) electrons. The van der Waals surface area contributed by atoms with Gasteiger partial charge in [-0.3, -0.25) is 4.90 Å². The number of likely N-dealkylation sites (N-methyl/N-ethyl adjacent to an activating group) is 1. The lowest BCUT2D eigenvalue weighted by atomic mass is 10.1. The third-order valence-corrected chi connectivity index (χ3v) is 3.89. The number of rotatable bonds is 9. The van der Waals surface area contributed by atoms with Gasteiger partial charge >= 0.3 is 0 Å². The number of nitrogens with zero attached hydrogens (tertiary/aromatic N) is 1. The highest BCUT2D eigenvalue weighted by molar-refractivity contribution is 5.38. The van der Waals surface area contributed by atoms with E-state index in [-0.39, 0.29) is 0 Å². The molecule has 1 saturated carbocycles. The van der Waals surface area contributed by atoms with Gasteiger partial charge in [0, 0.05) is 25.3 Å². The zero-order valence-corrected chi connectivity index (χ0v) is 13.3. The minimum atomic E-state index is -0.457. The minimum absolute atomic E-state index is 0.457. The van der Waals surface area contributed by atoms with Crippen molar-refractivity contribution < 1.29 is 14.6 Å². The fraction of sp³-hybridized carbons (Fsp3) is 0.647. The molecular formula is C17H27NO3. The number of hydrogen-bond acceptors (Lipinski definition) is 4. The summed E-state index contributed by atoms with van der Waals surface area (Å²) in [6.45, 7) is 5.15. The molecule has 0 saturated heterocycles. The molecule has 118 valence electrons. The van der Waals surface area contributed by atoms with Crippen molar-refractivity contribution in [2.45, 2.75) is 32.4 Å². The first kappa shape index (κ1) is 16.3. The molecule has 0 spiro atoms. The summed E-state index contributed by atoms with van der Waals surface area (Å²) in [5, 5.41) is 9.70. The topological polar surface area (TPSA) is 41.9 Å². The molecular weight excluding hydrogens is 266 g/mol. The van der Waals surface area contributed by atoms with E-state index in [9.17, 15) is 5.11 Å². The molecule has 4 nitrogen and oxygen atoms in total. The van der Waals surface area contributed by atoms with E-state index >= 15 is 0 Å². The van der Waals surface area contributed by atoms with Gasteiger partial charge in [-0.25, -0.2) is 0 Å². The Morgan fingerprint density at radius 2 is 2.14 bits per heavy atom. The molecule has 1 aliphatic carbocycles. The lowest BCUT2D eigenvalue weighted by Gasteiger charge is -2.19.